The molecule has 0 radical (unpaired) electrons. The number of nitrogens with one attached hydrogen (secondary N) is 2. The molecule has 0 unspecified atom stereocenters. The van der Waals surface area contributed by atoms with Gasteiger partial charge in [0.25, 0.3) is 11.8 Å². The monoisotopic (exact) mass is 752 g/mol. The van der Waals surface area contributed by atoms with Crippen LogP contribution in [0.15, 0.2) is 97.1 Å². The average Bonchev–Trinajstić information content (AvgIpc) is 3.22. The van der Waals surface area contributed by atoms with E-state index in [9.17, 15) is 23.6 Å². The summed E-state index contributed by atoms with van der Waals surface area (Å²) in [6.45, 7) is 8.34. The summed E-state index contributed by atoms with van der Waals surface area (Å²) in [5.41, 5.74) is 2.40. The normalized spacial score (nSPS) is 14.6. The minimum atomic E-state index is -0.593. The highest BCUT2D eigenvalue weighted by Gasteiger charge is 2.18. The Morgan fingerprint density at radius 2 is 1.04 bits per heavy atom. The van der Waals surface area contributed by atoms with Crippen molar-refractivity contribution in [2.24, 2.45) is 0 Å². The van der Waals surface area contributed by atoms with Gasteiger partial charge in [0.05, 0.1) is 50.5 Å². The highest BCUT2D eigenvalue weighted by molar-refractivity contribution is 6.10. The lowest BCUT2D eigenvalue weighted by atomic mass is 10.0. The van der Waals surface area contributed by atoms with E-state index in [2.05, 4.69) is 20.4 Å². The second-order valence-electron chi connectivity index (χ2n) is 13.2. The summed E-state index contributed by atoms with van der Waals surface area (Å²) >= 11 is 0. The predicted molar refractivity (Wildman–Crippen MR) is 210 cm³/mol. The Kier molecular flexibility index (Phi) is 16.0. The van der Waals surface area contributed by atoms with Gasteiger partial charge in [-0.2, -0.15) is 0 Å². The number of halogens is 1. The lowest BCUT2D eigenvalue weighted by molar-refractivity contribution is 0.0370. The van der Waals surface area contributed by atoms with Gasteiger partial charge in [-0.1, -0.05) is 36.4 Å². The molecule has 0 aliphatic carbocycles. The van der Waals surface area contributed by atoms with Crippen LogP contribution in [0.4, 0.5) is 15.8 Å². The van der Waals surface area contributed by atoms with Gasteiger partial charge in [0.1, 0.15) is 11.6 Å². The summed E-state index contributed by atoms with van der Waals surface area (Å²) in [6.07, 6.45) is 2.38. The molecule has 12 heteroatoms. The third-order valence-electron chi connectivity index (χ3n) is 9.39. The summed E-state index contributed by atoms with van der Waals surface area (Å²) in [5.74, 6) is -0.721. The smallest absolute Gasteiger partial charge is 0.258 e. The number of benzene rings is 4. The van der Waals surface area contributed by atoms with Crippen molar-refractivity contribution in [3.05, 3.63) is 125 Å². The van der Waals surface area contributed by atoms with E-state index in [0.717, 1.165) is 78.5 Å². The van der Waals surface area contributed by atoms with Gasteiger partial charge in [-0.25, -0.2) is 4.39 Å². The number of para-hydroxylation sites is 2. The standard InChI is InChI=1S/C22H26N2O4.C21H23FN2O3/c1-27-18-10-8-17(9-11-18)22(26)23-20-6-3-2-5-19(20)21(25)7-4-12-24-13-15-28-16-14-24;22-18-8-3-1-6-16(18)21(26)23-19-9-4-2-7-17(19)20(25)10-5-11-24-12-14-27-15-13-24/h2-3,5-6,8-11H,4,7,12-16H2,1H3,(H,23,26);1-4,6-9H,5,10-15H2,(H,23,26). The van der Waals surface area contributed by atoms with Gasteiger partial charge in [0.15, 0.2) is 11.6 Å². The molecule has 0 saturated carbocycles. The van der Waals surface area contributed by atoms with Crippen LogP contribution in [0.2, 0.25) is 0 Å². The van der Waals surface area contributed by atoms with Crippen LogP contribution in [-0.2, 0) is 9.47 Å². The fourth-order valence-electron chi connectivity index (χ4n) is 6.29. The largest absolute Gasteiger partial charge is 0.497 e. The highest BCUT2D eigenvalue weighted by atomic mass is 19.1. The first-order valence-electron chi connectivity index (χ1n) is 18.7. The minimum absolute atomic E-state index is 0.0345. The molecule has 2 saturated heterocycles. The molecule has 0 spiro atoms. The molecule has 2 aliphatic rings. The molecule has 2 aliphatic heterocycles. The molecule has 2 fully saturated rings. The number of ketones is 2. The van der Waals surface area contributed by atoms with Crippen molar-refractivity contribution < 1.29 is 37.8 Å². The zero-order chi connectivity index (χ0) is 38.8. The van der Waals surface area contributed by atoms with Gasteiger partial charge < -0.3 is 24.8 Å². The Morgan fingerprint density at radius 3 is 1.51 bits per heavy atom. The summed E-state index contributed by atoms with van der Waals surface area (Å²) in [5, 5.41) is 5.52. The van der Waals surface area contributed by atoms with Crippen LogP contribution in [-0.4, -0.2) is 106 Å². The minimum Gasteiger partial charge on any atom is -0.497 e. The van der Waals surface area contributed by atoms with E-state index in [-0.39, 0.29) is 23.0 Å². The molecule has 11 nitrogen and oxygen atoms in total. The molecular formula is C43H49FN4O7. The van der Waals surface area contributed by atoms with Crippen molar-refractivity contribution in [3.63, 3.8) is 0 Å². The Bertz CT molecular complexity index is 1880. The van der Waals surface area contributed by atoms with Crippen molar-refractivity contribution in [2.75, 3.05) is 83.4 Å². The van der Waals surface area contributed by atoms with Crippen LogP contribution in [0.3, 0.4) is 0 Å². The number of Topliss-reactive ketones (excluding diaryl/α,β-unsaturated/α-hetero) is 2. The first-order chi connectivity index (χ1) is 26.8. The molecule has 2 N–H and O–H groups in total. The van der Waals surface area contributed by atoms with Crippen LogP contribution in [0.5, 0.6) is 5.75 Å². The van der Waals surface area contributed by atoms with E-state index in [1.807, 2.05) is 12.1 Å². The summed E-state index contributed by atoms with van der Waals surface area (Å²) in [4.78, 5) is 54.8. The van der Waals surface area contributed by atoms with Gasteiger partial charge in [-0.15, -0.1) is 0 Å². The van der Waals surface area contributed by atoms with Gasteiger partial charge in [0.2, 0.25) is 0 Å². The Labute approximate surface area is 321 Å². The predicted octanol–water partition coefficient (Wildman–Crippen LogP) is 6.62. The van der Waals surface area contributed by atoms with Crippen molar-refractivity contribution in [1.29, 1.82) is 0 Å². The number of carbonyl (C=O) groups excluding carboxylic acids is 4. The van der Waals surface area contributed by atoms with Crippen molar-refractivity contribution in [1.82, 2.24) is 9.80 Å². The van der Waals surface area contributed by atoms with Crippen LogP contribution in [0.25, 0.3) is 0 Å². The van der Waals surface area contributed by atoms with E-state index in [0.29, 0.717) is 46.7 Å². The van der Waals surface area contributed by atoms with Crippen LogP contribution >= 0.6 is 0 Å². The average molecular weight is 753 g/mol. The number of ether oxygens (including phenoxy) is 3. The lowest BCUT2D eigenvalue weighted by Crippen LogP contribution is -2.36. The van der Waals surface area contributed by atoms with E-state index in [4.69, 9.17) is 14.2 Å². The first kappa shape index (κ1) is 40.9. The fourth-order valence-corrected chi connectivity index (χ4v) is 6.29. The zero-order valence-electron chi connectivity index (χ0n) is 31.3. The second kappa shape index (κ2) is 21.6. The van der Waals surface area contributed by atoms with Crippen molar-refractivity contribution in [3.8, 4) is 5.75 Å². The Balaban J connectivity index is 0.000000211. The number of nitrogens with zero attached hydrogens (tertiary/aromatic N) is 2. The number of hydrogen-bond donors (Lipinski definition) is 2. The van der Waals surface area contributed by atoms with Crippen LogP contribution in [0, 0.1) is 5.82 Å². The maximum Gasteiger partial charge on any atom is 0.258 e. The third kappa shape index (κ3) is 12.6. The van der Waals surface area contributed by atoms with Crippen molar-refractivity contribution >= 4 is 34.8 Å². The van der Waals surface area contributed by atoms with Crippen molar-refractivity contribution in [2.45, 2.75) is 25.7 Å². The molecule has 4 aromatic rings. The molecule has 4 aromatic carbocycles. The van der Waals surface area contributed by atoms with Gasteiger partial charge >= 0.3 is 0 Å². The van der Waals surface area contributed by atoms with Gasteiger partial charge in [-0.05, 0) is 86.6 Å². The van der Waals surface area contributed by atoms with E-state index < -0.39 is 11.7 Å². The Morgan fingerprint density at radius 1 is 0.600 bits per heavy atom. The lowest BCUT2D eigenvalue weighted by Gasteiger charge is -2.26. The number of carbonyl (C=O) groups is 4. The molecule has 2 amide bonds. The number of hydrogen-bond acceptors (Lipinski definition) is 9. The fraction of sp³-hybridized carbons (Fsp3) is 0.349. The Hall–Kier alpha value is -5.27. The quantitative estimate of drug-likeness (QED) is 0.129. The highest BCUT2D eigenvalue weighted by Crippen LogP contribution is 2.21. The number of rotatable bonds is 15. The summed E-state index contributed by atoms with van der Waals surface area (Å²) in [7, 11) is 1.58. The number of morpholine rings is 2. The SMILES string of the molecule is COc1ccc(C(=O)Nc2ccccc2C(=O)CCCN2CCOCC2)cc1.O=C(Nc1ccccc1C(=O)CCCN1CCOCC1)c1ccccc1F. The molecular weight excluding hydrogens is 703 g/mol. The van der Waals surface area contributed by atoms with Crippen LogP contribution in [0.1, 0.15) is 67.1 Å². The number of amides is 2. The van der Waals surface area contributed by atoms with E-state index in [1.165, 1.54) is 18.2 Å². The maximum absolute atomic E-state index is 13.8. The maximum atomic E-state index is 13.8. The molecule has 2 heterocycles. The number of methoxy groups -OCH3 is 1. The van der Waals surface area contributed by atoms with Crippen LogP contribution < -0.4 is 15.4 Å². The second-order valence-corrected chi connectivity index (χ2v) is 13.2. The molecule has 6 rings (SSSR count). The molecule has 0 aromatic heterocycles. The van der Waals surface area contributed by atoms with Gasteiger partial charge in [-0.3, -0.25) is 29.0 Å². The summed E-state index contributed by atoms with van der Waals surface area (Å²) < 4.78 is 29.6. The molecule has 55 heavy (non-hydrogen) atoms. The number of anilines is 2. The summed E-state index contributed by atoms with van der Waals surface area (Å²) in [6, 6.07) is 26.6. The first-order valence-corrected chi connectivity index (χ1v) is 18.7. The van der Waals surface area contributed by atoms with E-state index >= 15 is 0 Å². The zero-order valence-corrected chi connectivity index (χ0v) is 31.3. The van der Waals surface area contributed by atoms with E-state index in [1.54, 1.807) is 73.8 Å². The van der Waals surface area contributed by atoms with Gasteiger partial charge in [0, 0.05) is 55.7 Å². The molecule has 0 atom stereocenters. The molecule has 290 valence electrons. The molecule has 0 bridgehead atoms. The third-order valence-corrected chi connectivity index (χ3v) is 9.39. The topological polar surface area (TPSA) is 127 Å².